The molecule has 2 N–H and O–H groups in total. The maximum atomic E-state index is 8.69. The molecule has 1 aromatic heterocycles. The lowest BCUT2D eigenvalue weighted by Crippen LogP contribution is -2.30. The first kappa shape index (κ1) is 11.0. The second-order valence-corrected chi connectivity index (χ2v) is 2.02. The molecule has 0 saturated heterocycles. The Morgan fingerprint density at radius 2 is 2.08 bits per heavy atom. The van der Waals surface area contributed by atoms with Crippen molar-refractivity contribution in [1.29, 1.82) is 0 Å². The summed E-state index contributed by atoms with van der Waals surface area (Å²) in [6.07, 6.45) is 7.90. The first-order valence-electron chi connectivity index (χ1n) is 3.01. The molecule has 1 rings (SSSR count). The number of terminal acetylenes is 1. The average molecular weight is 183 g/mol. The summed E-state index contributed by atoms with van der Waals surface area (Å²) in [6.45, 7) is 0. The van der Waals surface area contributed by atoms with Crippen LogP contribution in [0.25, 0.3) is 0 Å². The Morgan fingerprint density at radius 3 is 2.58 bits per heavy atom. The van der Waals surface area contributed by atoms with Gasteiger partial charge in [-0.25, -0.2) is 0 Å². The predicted molar refractivity (Wildman–Crippen MR) is 49.2 cm³/mol. The second kappa shape index (κ2) is 4.78. The van der Waals surface area contributed by atoms with Gasteiger partial charge in [0.05, 0.1) is 0 Å². The molecule has 0 spiro atoms. The molecule has 0 amide bonds. The minimum absolute atomic E-state index is 0. The van der Waals surface area contributed by atoms with Crippen LogP contribution in [0.2, 0.25) is 0 Å². The van der Waals surface area contributed by atoms with Crippen molar-refractivity contribution in [2.75, 3.05) is 0 Å². The van der Waals surface area contributed by atoms with Gasteiger partial charge in [0.15, 0.2) is 0 Å². The van der Waals surface area contributed by atoms with E-state index in [1.807, 2.05) is 0 Å². The molecule has 0 aromatic carbocycles. The predicted octanol–water partition coefficient (Wildman–Crippen LogP) is -0.835. The highest BCUT2D eigenvalue weighted by atomic mass is 35.5. The highest BCUT2D eigenvalue weighted by Gasteiger charge is 2.10. The van der Waals surface area contributed by atoms with Gasteiger partial charge >= 0.3 is 7.12 Å². The topological polar surface area (TPSA) is 53.4 Å². The van der Waals surface area contributed by atoms with Crippen LogP contribution < -0.4 is 5.46 Å². The van der Waals surface area contributed by atoms with E-state index in [2.05, 4.69) is 10.9 Å². The number of nitrogens with zero attached hydrogens (tertiary/aromatic N) is 1. The highest BCUT2D eigenvalue weighted by Crippen LogP contribution is 1.89. The fourth-order valence-corrected chi connectivity index (χ4v) is 0.678. The lowest BCUT2D eigenvalue weighted by molar-refractivity contribution is 0.425. The van der Waals surface area contributed by atoms with E-state index in [-0.39, 0.29) is 12.4 Å². The Kier molecular flexibility index (Phi) is 4.38. The third-order valence-electron chi connectivity index (χ3n) is 1.22. The van der Waals surface area contributed by atoms with Crippen LogP contribution in [0.1, 0.15) is 5.56 Å². The van der Waals surface area contributed by atoms with Gasteiger partial charge in [-0.2, -0.15) is 0 Å². The zero-order valence-electron chi connectivity index (χ0n) is 6.14. The lowest BCUT2D eigenvalue weighted by Gasteiger charge is -1.97. The molecule has 0 aliphatic heterocycles. The van der Waals surface area contributed by atoms with Crippen molar-refractivity contribution in [2.45, 2.75) is 0 Å². The number of aromatic nitrogens is 1. The maximum absolute atomic E-state index is 8.69. The number of hydrogen-bond acceptors (Lipinski definition) is 3. The molecular formula is C7H7BClNO2. The Bertz CT molecular complexity index is 298. The summed E-state index contributed by atoms with van der Waals surface area (Å²) >= 11 is 0. The van der Waals surface area contributed by atoms with E-state index in [4.69, 9.17) is 16.5 Å². The summed E-state index contributed by atoms with van der Waals surface area (Å²) in [6, 6.07) is 1.50. The SMILES string of the molecule is C#Cc1cncc(B(O)O)c1.Cl. The molecule has 62 valence electrons. The van der Waals surface area contributed by atoms with Gasteiger partial charge in [0, 0.05) is 23.4 Å². The molecule has 1 heterocycles. The second-order valence-electron chi connectivity index (χ2n) is 2.02. The standard InChI is InChI=1S/C7H6BNO2.ClH/c1-2-6-3-7(8(10)11)5-9-4-6;/h1,3-5,10-11H;1H. The molecule has 0 saturated carbocycles. The average Bonchev–Trinajstić information content (AvgIpc) is 2.05. The summed E-state index contributed by atoms with van der Waals surface area (Å²) in [7, 11) is -1.50. The zero-order valence-corrected chi connectivity index (χ0v) is 6.95. The molecule has 0 radical (unpaired) electrons. The van der Waals surface area contributed by atoms with Gasteiger partial charge in [0.25, 0.3) is 0 Å². The smallest absolute Gasteiger partial charge is 0.423 e. The van der Waals surface area contributed by atoms with Crippen molar-refractivity contribution >= 4 is 25.0 Å². The molecule has 3 nitrogen and oxygen atoms in total. The summed E-state index contributed by atoms with van der Waals surface area (Å²) in [5.41, 5.74) is 0.844. The van der Waals surface area contributed by atoms with Gasteiger partial charge in [-0.1, -0.05) is 5.92 Å². The summed E-state index contributed by atoms with van der Waals surface area (Å²) < 4.78 is 0. The van der Waals surface area contributed by atoms with Gasteiger partial charge in [-0.3, -0.25) is 4.98 Å². The molecule has 12 heavy (non-hydrogen) atoms. The van der Waals surface area contributed by atoms with Crippen molar-refractivity contribution in [3.8, 4) is 12.3 Å². The van der Waals surface area contributed by atoms with E-state index in [0.717, 1.165) is 0 Å². The quantitative estimate of drug-likeness (QED) is 0.441. The first-order chi connectivity index (χ1) is 5.24. The summed E-state index contributed by atoms with van der Waals surface area (Å²) in [4.78, 5) is 3.71. The van der Waals surface area contributed by atoms with Gasteiger partial charge in [0.1, 0.15) is 0 Å². The van der Waals surface area contributed by atoms with Crippen LogP contribution >= 0.6 is 12.4 Å². The molecule has 0 aliphatic rings. The molecule has 0 fully saturated rings. The van der Waals surface area contributed by atoms with Crippen molar-refractivity contribution in [2.24, 2.45) is 0 Å². The minimum Gasteiger partial charge on any atom is -0.423 e. The van der Waals surface area contributed by atoms with Gasteiger partial charge in [-0.15, -0.1) is 18.8 Å². The van der Waals surface area contributed by atoms with E-state index in [9.17, 15) is 0 Å². The maximum Gasteiger partial charge on any atom is 0.490 e. The van der Waals surface area contributed by atoms with Gasteiger partial charge in [-0.05, 0) is 6.07 Å². The number of pyridine rings is 1. The first-order valence-corrected chi connectivity index (χ1v) is 3.01. The normalized spacial score (nSPS) is 8.08. The van der Waals surface area contributed by atoms with Crippen LogP contribution in [0, 0.1) is 12.3 Å². The minimum atomic E-state index is -1.50. The Balaban J connectivity index is 0.00000121. The van der Waals surface area contributed by atoms with Crippen molar-refractivity contribution in [3.05, 3.63) is 24.0 Å². The largest absolute Gasteiger partial charge is 0.490 e. The summed E-state index contributed by atoms with van der Waals surface area (Å²) in [5.74, 6) is 2.34. The number of rotatable bonds is 1. The van der Waals surface area contributed by atoms with E-state index >= 15 is 0 Å². The van der Waals surface area contributed by atoms with Crippen LogP contribution in [0.3, 0.4) is 0 Å². The van der Waals surface area contributed by atoms with Crippen molar-refractivity contribution < 1.29 is 10.0 Å². The Morgan fingerprint density at radius 1 is 1.42 bits per heavy atom. The molecule has 0 bridgehead atoms. The monoisotopic (exact) mass is 183 g/mol. The van der Waals surface area contributed by atoms with E-state index in [1.165, 1.54) is 18.5 Å². The lowest BCUT2D eigenvalue weighted by atomic mass is 9.81. The zero-order chi connectivity index (χ0) is 8.27. The third-order valence-corrected chi connectivity index (χ3v) is 1.22. The van der Waals surface area contributed by atoms with Crippen LogP contribution in [0.4, 0.5) is 0 Å². The van der Waals surface area contributed by atoms with E-state index in [1.54, 1.807) is 0 Å². The molecule has 1 aromatic rings. The fourth-order valence-electron chi connectivity index (χ4n) is 0.678. The number of hydrogen-bond donors (Lipinski definition) is 2. The van der Waals surface area contributed by atoms with Crippen molar-refractivity contribution in [1.82, 2.24) is 4.98 Å². The Labute approximate surface area is 77.0 Å². The molecule has 5 heteroatoms. The van der Waals surface area contributed by atoms with Crippen molar-refractivity contribution in [3.63, 3.8) is 0 Å². The highest BCUT2D eigenvalue weighted by molar-refractivity contribution is 6.58. The molecule has 0 unspecified atom stereocenters. The molecule has 0 atom stereocenters. The van der Waals surface area contributed by atoms with Crippen LogP contribution in [-0.4, -0.2) is 22.2 Å². The molecular weight excluding hydrogens is 176 g/mol. The van der Waals surface area contributed by atoms with Crippen LogP contribution in [-0.2, 0) is 0 Å². The van der Waals surface area contributed by atoms with Gasteiger partial charge < -0.3 is 10.0 Å². The van der Waals surface area contributed by atoms with E-state index < -0.39 is 7.12 Å². The number of halogens is 1. The third kappa shape index (κ3) is 2.55. The Hall–Kier alpha value is -1.02. The fraction of sp³-hybridized carbons (Fsp3) is 0. The van der Waals surface area contributed by atoms with Gasteiger partial charge in [0.2, 0.25) is 0 Å². The van der Waals surface area contributed by atoms with Crippen LogP contribution in [0.15, 0.2) is 18.5 Å². The van der Waals surface area contributed by atoms with Crippen LogP contribution in [0.5, 0.6) is 0 Å². The van der Waals surface area contributed by atoms with E-state index in [0.29, 0.717) is 11.0 Å². The molecule has 0 aliphatic carbocycles. The summed E-state index contributed by atoms with van der Waals surface area (Å²) in [5, 5.41) is 17.4.